The molecule has 2 aromatic rings. The minimum Gasteiger partial charge on any atom is -0.325 e. The number of amides is 1. The number of hydrogen-bond donors (Lipinski definition) is 1. The van der Waals surface area contributed by atoms with Crippen molar-refractivity contribution in [1.29, 1.82) is 0 Å². The van der Waals surface area contributed by atoms with Crippen molar-refractivity contribution >= 4 is 29.1 Å². The van der Waals surface area contributed by atoms with E-state index in [1.165, 1.54) is 57.2 Å². The van der Waals surface area contributed by atoms with Gasteiger partial charge in [-0.3, -0.25) is 9.59 Å². The lowest BCUT2D eigenvalue weighted by molar-refractivity contribution is -0.113. The minimum absolute atomic E-state index is 0.0108. The van der Waals surface area contributed by atoms with E-state index < -0.39 is 0 Å². The van der Waals surface area contributed by atoms with Crippen molar-refractivity contribution in [3.8, 4) is 0 Å². The van der Waals surface area contributed by atoms with E-state index >= 15 is 0 Å². The molecule has 1 N–H and O–H groups in total. The number of carbonyl (C=O) groups is 2. The zero-order chi connectivity index (χ0) is 20.6. The van der Waals surface area contributed by atoms with Crippen molar-refractivity contribution in [2.24, 2.45) is 5.92 Å². The lowest BCUT2D eigenvalue weighted by Crippen LogP contribution is -2.15. The summed E-state index contributed by atoms with van der Waals surface area (Å²) >= 11 is 1.41. The van der Waals surface area contributed by atoms with Crippen LogP contribution in [0.2, 0.25) is 0 Å². The second kappa shape index (κ2) is 10.6. The Balaban J connectivity index is 1.51. The first-order chi connectivity index (χ1) is 14.1. The van der Waals surface area contributed by atoms with Crippen molar-refractivity contribution in [2.45, 2.75) is 70.5 Å². The summed E-state index contributed by atoms with van der Waals surface area (Å²) in [5.74, 6) is 2.04. The molecule has 0 spiro atoms. The summed E-state index contributed by atoms with van der Waals surface area (Å²) in [6, 6.07) is 6.93. The molecular weight excluding hydrogens is 384 g/mol. The molecule has 7 heteroatoms. The Bertz CT molecular complexity index is 826. The van der Waals surface area contributed by atoms with Gasteiger partial charge in [0, 0.05) is 24.2 Å². The molecule has 1 heterocycles. The fourth-order valence-electron chi connectivity index (χ4n) is 3.85. The first-order valence-corrected chi connectivity index (χ1v) is 11.5. The third-order valence-electron chi connectivity index (χ3n) is 5.52. The number of benzene rings is 1. The van der Waals surface area contributed by atoms with Crippen molar-refractivity contribution < 1.29 is 9.59 Å². The van der Waals surface area contributed by atoms with Crippen LogP contribution in [0.4, 0.5) is 5.69 Å². The predicted octanol–water partition coefficient (Wildman–Crippen LogP) is 4.74. The summed E-state index contributed by atoms with van der Waals surface area (Å²) in [5, 5.41) is 12.4. The van der Waals surface area contributed by atoms with Crippen LogP contribution in [0, 0.1) is 5.92 Å². The Morgan fingerprint density at radius 2 is 1.86 bits per heavy atom. The van der Waals surface area contributed by atoms with Crippen LogP contribution in [0.25, 0.3) is 0 Å². The molecule has 1 saturated carbocycles. The van der Waals surface area contributed by atoms with Gasteiger partial charge in [0.1, 0.15) is 5.82 Å². The molecule has 29 heavy (non-hydrogen) atoms. The van der Waals surface area contributed by atoms with E-state index in [-0.39, 0.29) is 17.4 Å². The van der Waals surface area contributed by atoms with Gasteiger partial charge < -0.3 is 9.88 Å². The number of ketones is 1. The zero-order valence-electron chi connectivity index (χ0n) is 17.3. The van der Waals surface area contributed by atoms with E-state index in [4.69, 9.17) is 0 Å². The average Bonchev–Trinajstić information content (AvgIpc) is 3.13. The molecule has 1 aromatic heterocycles. The third-order valence-corrected chi connectivity index (χ3v) is 6.48. The number of carbonyl (C=O) groups excluding carboxylic acids is 2. The number of Topliss-reactive ketones (excluding diaryl/α,β-unsaturated/α-hetero) is 1. The molecule has 0 bridgehead atoms. The van der Waals surface area contributed by atoms with Gasteiger partial charge in [-0.05, 0) is 50.5 Å². The van der Waals surface area contributed by atoms with Crippen LogP contribution in [0.3, 0.4) is 0 Å². The molecule has 3 rings (SSSR count). The zero-order valence-corrected chi connectivity index (χ0v) is 18.1. The molecule has 1 fully saturated rings. The van der Waals surface area contributed by atoms with Crippen LogP contribution in [-0.4, -0.2) is 32.2 Å². The van der Waals surface area contributed by atoms with Crippen LogP contribution in [-0.2, 0) is 17.8 Å². The normalized spacial score (nSPS) is 14.7. The van der Waals surface area contributed by atoms with E-state index in [1.54, 1.807) is 24.3 Å². The van der Waals surface area contributed by atoms with Crippen LogP contribution in [0.1, 0.15) is 68.6 Å². The van der Waals surface area contributed by atoms with Crippen LogP contribution < -0.4 is 5.32 Å². The molecule has 0 aliphatic heterocycles. The summed E-state index contributed by atoms with van der Waals surface area (Å²) in [7, 11) is 0. The maximum atomic E-state index is 12.3. The molecule has 156 valence electrons. The maximum Gasteiger partial charge on any atom is 0.234 e. The predicted molar refractivity (Wildman–Crippen MR) is 116 cm³/mol. The number of rotatable bonds is 9. The molecule has 1 aromatic carbocycles. The molecule has 0 unspecified atom stereocenters. The summed E-state index contributed by atoms with van der Waals surface area (Å²) in [5.41, 5.74) is 1.32. The Labute approximate surface area is 176 Å². The third kappa shape index (κ3) is 6.16. The van der Waals surface area contributed by atoms with Crippen molar-refractivity contribution in [1.82, 2.24) is 14.8 Å². The number of anilines is 1. The lowest BCUT2D eigenvalue weighted by Gasteiger charge is -2.21. The van der Waals surface area contributed by atoms with Gasteiger partial charge >= 0.3 is 0 Å². The van der Waals surface area contributed by atoms with E-state index in [1.807, 2.05) is 0 Å². The molecule has 6 nitrogen and oxygen atoms in total. The van der Waals surface area contributed by atoms with Crippen molar-refractivity contribution in [3.63, 3.8) is 0 Å². The van der Waals surface area contributed by atoms with Crippen LogP contribution in [0.5, 0.6) is 0 Å². The largest absolute Gasteiger partial charge is 0.325 e. The number of nitrogens with one attached hydrogen (secondary N) is 1. The smallest absolute Gasteiger partial charge is 0.234 e. The van der Waals surface area contributed by atoms with Gasteiger partial charge in [-0.2, -0.15) is 0 Å². The van der Waals surface area contributed by atoms with Crippen molar-refractivity contribution in [3.05, 3.63) is 35.7 Å². The quantitative estimate of drug-likeness (QED) is 0.473. The monoisotopic (exact) mass is 414 g/mol. The van der Waals surface area contributed by atoms with Crippen molar-refractivity contribution in [2.75, 3.05) is 11.1 Å². The summed E-state index contributed by atoms with van der Waals surface area (Å²) in [6.07, 6.45) is 8.92. The van der Waals surface area contributed by atoms with Gasteiger partial charge in [-0.15, -0.1) is 10.2 Å². The fraction of sp³-hybridized carbons (Fsp3) is 0.545. The average molecular weight is 415 g/mol. The van der Waals surface area contributed by atoms with Crippen LogP contribution >= 0.6 is 11.8 Å². The Morgan fingerprint density at radius 3 is 2.52 bits per heavy atom. The first kappa shape index (κ1) is 21.6. The second-order valence-corrected chi connectivity index (χ2v) is 8.60. The summed E-state index contributed by atoms with van der Waals surface area (Å²) in [4.78, 5) is 23.6. The van der Waals surface area contributed by atoms with Crippen LogP contribution in [0.15, 0.2) is 29.4 Å². The number of hydrogen-bond acceptors (Lipinski definition) is 5. The van der Waals surface area contributed by atoms with E-state index in [2.05, 4.69) is 27.0 Å². The van der Waals surface area contributed by atoms with Gasteiger partial charge in [0.2, 0.25) is 5.91 Å². The highest BCUT2D eigenvalue weighted by Crippen LogP contribution is 2.28. The SMILES string of the molecule is CCn1c(CCC2CCCCC2)nnc1SCC(=O)Nc1ccc(C(C)=O)cc1. The van der Waals surface area contributed by atoms with Gasteiger partial charge in [0.15, 0.2) is 10.9 Å². The second-order valence-electron chi connectivity index (χ2n) is 7.66. The highest BCUT2D eigenvalue weighted by molar-refractivity contribution is 7.99. The number of nitrogens with zero attached hydrogens (tertiary/aromatic N) is 3. The highest BCUT2D eigenvalue weighted by atomic mass is 32.2. The van der Waals surface area contributed by atoms with Gasteiger partial charge in [0.05, 0.1) is 5.75 Å². The molecule has 1 aliphatic rings. The number of aryl methyl sites for hydroxylation is 1. The highest BCUT2D eigenvalue weighted by Gasteiger charge is 2.17. The van der Waals surface area contributed by atoms with Gasteiger partial charge in [0.25, 0.3) is 0 Å². The molecule has 1 aliphatic carbocycles. The molecule has 0 radical (unpaired) electrons. The Hall–Kier alpha value is -2.15. The summed E-state index contributed by atoms with van der Waals surface area (Å²) < 4.78 is 2.13. The van der Waals surface area contributed by atoms with E-state index in [0.29, 0.717) is 11.3 Å². The summed E-state index contributed by atoms with van der Waals surface area (Å²) in [6.45, 7) is 4.43. The van der Waals surface area contributed by atoms with E-state index in [0.717, 1.165) is 29.9 Å². The molecule has 1 amide bonds. The van der Waals surface area contributed by atoms with Gasteiger partial charge in [-0.25, -0.2) is 0 Å². The lowest BCUT2D eigenvalue weighted by atomic mass is 9.86. The van der Waals surface area contributed by atoms with E-state index in [9.17, 15) is 9.59 Å². The topological polar surface area (TPSA) is 76.9 Å². The first-order valence-electron chi connectivity index (χ1n) is 10.5. The molecule has 0 saturated heterocycles. The number of thioether (sulfide) groups is 1. The minimum atomic E-state index is -0.0972. The maximum absolute atomic E-state index is 12.3. The standard InChI is InChI=1S/C22H30N4O2S/c1-3-26-20(14-9-17-7-5-4-6-8-17)24-25-22(26)29-15-21(28)23-19-12-10-18(11-13-19)16(2)27/h10-13,17H,3-9,14-15H2,1-2H3,(H,23,28). The van der Waals surface area contributed by atoms with Gasteiger partial charge in [-0.1, -0.05) is 43.9 Å². The Kier molecular flexibility index (Phi) is 7.86. The Morgan fingerprint density at radius 1 is 1.14 bits per heavy atom. The molecular formula is C22H30N4O2S. The molecule has 0 atom stereocenters. The number of aromatic nitrogens is 3. The fourth-order valence-corrected chi connectivity index (χ4v) is 4.67.